The van der Waals surface area contributed by atoms with E-state index in [1.807, 2.05) is 24.8 Å². The molecule has 0 spiro atoms. The summed E-state index contributed by atoms with van der Waals surface area (Å²) in [6.07, 6.45) is 1.48. The summed E-state index contributed by atoms with van der Waals surface area (Å²) in [6, 6.07) is 1.95. The number of nitrogens with one attached hydrogen (secondary N) is 1. The van der Waals surface area contributed by atoms with Crippen LogP contribution in [-0.2, 0) is 16.4 Å². The van der Waals surface area contributed by atoms with Gasteiger partial charge in [-0.1, -0.05) is 6.92 Å². The number of aryl methyl sites for hydroxylation is 2. The highest BCUT2D eigenvalue weighted by molar-refractivity contribution is 7.90. The maximum absolute atomic E-state index is 11.8. The Balaban J connectivity index is 2.19. The first kappa shape index (κ1) is 14.2. The smallest absolute Gasteiger partial charge is 0.216 e. The molecule has 1 fully saturated rings. The molecule has 0 amide bonds. The molecule has 1 aliphatic rings. The lowest BCUT2D eigenvalue weighted by atomic mass is 10.3. The normalized spacial score (nSPS) is 19.9. The third-order valence-corrected chi connectivity index (χ3v) is 5.26. The zero-order chi connectivity index (χ0) is 14.0. The Hall–Kier alpha value is -1.21. The second kappa shape index (κ2) is 5.42. The van der Waals surface area contributed by atoms with E-state index in [0.29, 0.717) is 19.5 Å². The minimum Gasteiger partial charge on any atom is -0.355 e. The van der Waals surface area contributed by atoms with Gasteiger partial charge in [0.25, 0.3) is 0 Å². The van der Waals surface area contributed by atoms with Crippen molar-refractivity contribution in [3.63, 3.8) is 0 Å². The summed E-state index contributed by atoms with van der Waals surface area (Å²) in [5.41, 5.74) is 0.988. The lowest BCUT2D eigenvalue weighted by Gasteiger charge is -2.18. The number of sulfonamides is 1. The maximum Gasteiger partial charge on any atom is 0.216 e. The number of rotatable bonds is 4. The fourth-order valence-electron chi connectivity index (χ4n) is 2.31. The van der Waals surface area contributed by atoms with Crippen molar-refractivity contribution < 1.29 is 8.42 Å². The fraction of sp³-hybridized carbons (Fsp3) is 0.667. The molecule has 0 radical (unpaired) electrons. The first-order valence-electron chi connectivity index (χ1n) is 6.48. The Kier molecular flexibility index (Phi) is 4.05. The standard InChI is InChI=1S/C12H20N4O2S/c1-4-10-7-12(15-9(2)14-10)16-6-5-11(8-16)19(17,18)13-3/h7,11,13H,4-6,8H2,1-3H3. The van der Waals surface area contributed by atoms with E-state index in [2.05, 4.69) is 14.7 Å². The van der Waals surface area contributed by atoms with Gasteiger partial charge in [-0.2, -0.15) is 0 Å². The zero-order valence-electron chi connectivity index (χ0n) is 11.5. The summed E-state index contributed by atoms with van der Waals surface area (Å²) in [5.74, 6) is 1.56. The number of aromatic nitrogens is 2. The van der Waals surface area contributed by atoms with E-state index in [4.69, 9.17) is 0 Å². The minimum absolute atomic E-state index is 0.363. The molecule has 7 heteroatoms. The van der Waals surface area contributed by atoms with Gasteiger partial charge in [-0.25, -0.2) is 23.1 Å². The van der Waals surface area contributed by atoms with Crippen LogP contribution in [-0.4, -0.2) is 43.8 Å². The quantitative estimate of drug-likeness (QED) is 0.870. The number of anilines is 1. The van der Waals surface area contributed by atoms with Gasteiger partial charge in [0.15, 0.2) is 0 Å². The highest BCUT2D eigenvalue weighted by Crippen LogP contribution is 2.22. The molecular weight excluding hydrogens is 264 g/mol. The molecule has 0 saturated carbocycles. The van der Waals surface area contributed by atoms with E-state index in [-0.39, 0.29) is 5.25 Å². The second-order valence-corrected chi connectivity index (χ2v) is 6.89. The zero-order valence-corrected chi connectivity index (χ0v) is 12.4. The van der Waals surface area contributed by atoms with E-state index >= 15 is 0 Å². The van der Waals surface area contributed by atoms with E-state index in [0.717, 1.165) is 23.8 Å². The molecule has 1 N–H and O–H groups in total. The van der Waals surface area contributed by atoms with Gasteiger partial charge in [0.1, 0.15) is 11.6 Å². The predicted octanol–water partition coefficient (Wildman–Crippen LogP) is 0.475. The van der Waals surface area contributed by atoms with E-state index in [1.54, 1.807) is 0 Å². The minimum atomic E-state index is -3.20. The van der Waals surface area contributed by atoms with Gasteiger partial charge in [0.2, 0.25) is 10.0 Å². The molecule has 19 heavy (non-hydrogen) atoms. The van der Waals surface area contributed by atoms with Gasteiger partial charge in [-0.05, 0) is 26.8 Å². The Morgan fingerprint density at radius 1 is 1.47 bits per heavy atom. The van der Waals surface area contributed by atoms with Crippen molar-refractivity contribution in [1.82, 2.24) is 14.7 Å². The molecule has 1 aromatic rings. The van der Waals surface area contributed by atoms with Gasteiger partial charge in [-0.15, -0.1) is 0 Å². The van der Waals surface area contributed by atoms with Crippen LogP contribution < -0.4 is 9.62 Å². The lowest BCUT2D eigenvalue weighted by molar-refractivity contribution is 0.575. The second-order valence-electron chi connectivity index (χ2n) is 4.72. The average Bonchev–Trinajstić information content (AvgIpc) is 2.88. The average molecular weight is 284 g/mol. The SMILES string of the molecule is CCc1cc(N2CCC(S(=O)(=O)NC)C2)nc(C)n1. The first-order chi connectivity index (χ1) is 8.96. The van der Waals surface area contributed by atoms with Crippen molar-refractivity contribution in [1.29, 1.82) is 0 Å². The molecule has 1 aliphatic heterocycles. The van der Waals surface area contributed by atoms with Crippen molar-refractivity contribution in [2.24, 2.45) is 0 Å². The monoisotopic (exact) mass is 284 g/mol. The van der Waals surface area contributed by atoms with Gasteiger partial charge in [0.05, 0.1) is 5.25 Å². The van der Waals surface area contributed by atoms with Crippen LogP contribution in [0.1, 0.15) is 24.9 Å². The fourth-order valence-corrected chi connectivity index (χ4v) is 3.44. The van der Waals surface area contributed by atoms with Crippen LogP contribution in [0.15, 0.2) is 6.07 Å². The van der Waals surface area contributed by atoms with Crippen LogP contribution in [0.5, 0.6) is 0 Å². The van der Waals surface area contributed by atoms with Crippen LogP contribution in [0, 0.1) is 6.92 Å². The van der Waals surface area contributed by atoms with E-state index in [9.17, 15) is 8.42 Å². The molecule has 2 heterocycles. The van der Waals surface area contributed by atoms with Crippen LogP contribution in [0.2, 0.25) is 0 Å². The number of hydrogen-bond donors (Lipinski definition) is 1. The third-order valence-electron chi connectivity index (χ3n) is 3.43. The summed E-state index contributed by atoms with van der Waals surface area (Å²) in [5, 5.41) is -0.363. The summed E-state index contributed by atoms with van der Waals surface area (Å²) < 4.78 is 26.0. The first-order valence-corrected chi connectivity index (χ1v) is 8.02. The molecule has 6 nitrogen and oxygen atoms in total. The molecule has 1 unspecified atom stereocenters. The Morgan fingerprint density at radius 2 is 2.21 bits per heavy atom. The van der Waals surface area contributed by atoms with Gasteiger partial charge in [-0.3, -0.25) is 0 Å². The van der Waals surface area contributed by atoms with Crippen LogP contribution in [0.3, 0.4) is 0 Å². The molecule has 2 rings (SSSR count). The third kappa shape index (κ3) is 3.03. The largest absolute Gasteiger partial charge is 0.355 e. The van der Waals surface area contributed by atoms with Gasteiger partial charge >= 0.3 is 0 Å². The maximum atomic E-state index is 11.8. The van der Waals surface area contributed by atoms with Crippen LogP contribution >= 0.6 is 0 Å². The molecule has 1 saturated heterocycles. The highest BCUT2D eigenvalue weighted by Gasteiger charge is 2.32. The molecule has 0 aromatic carbocycles. The molecule has 0 bridgehead atoms. The molecular formula is C12H20N4O2S. The van der Waals surface area contributed by atoms with Crippen molar-refractivity contribution >= 4 is 15.8 Å². The van der Waals surface area contributed by atoms with Crippen molar-refractivity contribution in [3.05, 3.63) is 17.6 Å². The number of hydrogen-bond acceptors (Lipinski definition) is 5. The molecule has 1 aromatic heterocycles. The summed E-state index contributed by atoms with van der Waals surface area (Å²) >= 11 is 0. The van der Waals surface area contributed by atoms with E-state index in [1.165, 1.54) is 7.05 Å². The van der Waals surface area contributed by atoms with E-state index < -0.39 is 10.0 Å². The summed E-state index contributed by atoms with van der Waals surface area (Å²) in [6.45, 7) is 5.11. The number of nitrogens with zero attached hydrogens (tertiary/aromatic N) is 3. The van der Waals surface area contributed by atoms with Gasteiger partial charge in [0, 0.05) is 24.8 Å². The summed E-state index contributed by atoms with van der Waals surface area (Å²) in [4.78, 5) is 10.8. The van der Waals surface area contributed by atoms with Crippen molar-refractivity contribution in [3.8, 4) is 0 Å². The highest BCUT2D eigenvalue weighted by atomic mass is 32.2. The van der Waals surface area contributed by atoms with Crippen molar-refractivity contribution in [2.75, 3.05) is 25.0 Å². The Bertz CT molecular complexity index is 559. The van der Waals surface area contributed by atoms with Crippen molar-refractivity contribution in [2.45, 2.75) is 31.9 Å². The summed E-state index contributed by atoms with van der Waals surface area (Å²) in [7, 11) is -1.74. The molecule has 106 valence electrons. The van der Waals surface area contributed by atoms with Gasteiger partial charge < -0.3 is 4.90 Å². The topological polar surface area (TPSA) is 75.2 Å². The lowest BCUT2D eigenvalue weighted by Crippen LogP contribution is -2.34. The molecule has 1 atom stereocenters. The molecule has 0 aliphatic carbocycles. The van der Waals surface area contributed by atoms with Crippen LogP contribution in [0.25, 0.3) is 0 Å². The van der Waals surface area contributed by atoms with Crippen LogP contribution in [0.4, 0.5) is 5.82 Å². The Morgan fingerprint density at radius 3 is 2.84 bits per heavy atom. The predicted molar refractivity (Wildman–Crippen MR) is 74.7 cm³/mol. The Labute approximate surface area is 114 Å².